The van der Waals surface area contributed by atoms with E-state index in [9.17, 15) is 5.11 Å². The van der Waals surface area contributed by atoms with Gasteiger partial charge in [-0.1, -0.05) is 31.0 Å². The number of aliphatic hydroxyl groups excluding tert-OH is 1. The minimum Gasteiger partial charge on any atom is -0.497 e. The van der Waals surface area contributed by atoms with Crippen LogP contribution in [0.3, 0.4) is 0 Å². The van der Waals surface area contributed by atoms with E-state index in [0.717, 1.165) is 11.4 Å². The first-order chi connectivity index (χ1) is 12.8. The molecule has 0 aromatic heterocycles. The molecule has 138 valence electrons. The minimum atomic E-state index is -0.411. The molecule has 1 saturated carbocycles. The Morgan fingerprint density at radius 2 is 1.88 bits per heavy atom. The molecule has 2 aromatic carbocycles. The SMILES string of the molecule is COc1ccc(NCC(O)CN2c3ccccc3C3CCCCC32)cc1. The third-order valence-electron chi connectivity index (χ3n) is 5.81. The number of methoxy groups -OCH3 is 1. The van der Waals surface area contributed by atoms with Crippen LogP contribution in [-0.4, -0.2) is 37.5 Å². The topological polar surface area (TPSA) is 44.7 Å². The summed E-state index contributed by atoms with van der Waals surface area (Å²) in [7, 11) is 1.67. The predicted octanol–water partition coefficient (Wildman–Crippen LogP) is 4.01. The van der Waals surface area contributed by atoms with Crippen LogP contribution in [-0.2, 0) is 0 Å². The molecule has 1 aliphatic carbocycles. The van der Waals surface area contributed by atoms with Crippen molar-refractivity contribution in [2.45, 2.75) is 43.7 Å². The highest BCUT2D eigenvalue weighted by molar-refractivity contribution is 5.62. The molecule has 0 radical (unpaired) electrons. The van der Waals surface area contributed by atoms with Crippen LogP contribution in [0.4, 0.5) is 11.4 Å². The number of rotatable bonds is 6. The van der Waals surface area contributed by atoms with E-state index in [1.165, 1.54) is 36.9 Å². The fourth-order valence-corrected chi connectivity index (χ4v) is 4.56. The van der Waals surface area contributed by atoms with Crippen LogP contribution >= 0.6 is 0 Å². The quantitative estimate of drug-likeness (QED) is 0.824. The van der Waals surface area contributed by atoms with Crippen molar-refractivity contribution in [1.82, 2.24) is 0 Å². The van der Waals surface area contributed by atoms with Gasteiger partial charge in [0.2, 0.25) is 0 Å². The highest BCUT2D eigenvalue weighted by Crippen LogP contribution is 2.47. The first-order valence-corrected chi connectivity index (χ1v) is 9.68. The van der Waals surface area contributed by atoms with Crippen LogP contribution < -0.4 is 15.0 Å². The fraction of sp³-hybridized carbons (Fsp3) is 0.455. The molecular weight excluding hydrogens is 324 g/mol. The van der Waals surface area contributed by atoms with Gasteiger partial charge in [0.25, 0.3) is 0 Å². The summed E-state index contributed by atoms with van der Waals surface area (Å²) in [6.45, 7) is 1.23. The van der Waals surface area contributed by atoms with Crippen LogP contribution in [0.25, 0.3) is 0 Å². The molecule has 3 atom stereocenters. The summed E-state index contributed by atoms with van der Waals surface area (Å²) in [4.78, 5) is 2.46. The van der Waals surface area contributed by atoms with Gasteiger partial charge in [-0.2, -0.15) is 0 Å². The van der Waals surface area contributed by atoms with Crippen LogP contribution in [0.1, 0.15) is 37.2 Å². The van der Waals surface area contributed by atoms with Gasteiger partial charge >= 0.3 is 0 Å². The van der Waals surface area contributed by atoms with E-state index >= 15 is 0 Å². The third kappa shape index (κ3) is 3.38. The Hall–Kier alpha value is -2.20. The second-order valence-corrected chi connectivity index (χ2v) is 7.43. The number of benzene rings is 2. The lowest BCUT2D eigenvalue weighted by atomic mass is 9.82. The average molecular weight is 352 g/mol. The summed E-state index contributed by atoms with van der Waals surface area (Å²) in [6.07, 6.45) is 4.72. The maximum Gasteiger partial charge on any atom is 0.119 e. The van der Waals surface area contributed by atoms with Gasteiger partial charge < -0.3 is 20.1 Å². The summed E-state index contributed by atoms with van der Waals surface area (Å²) >= 11 is 0. The normalized spacial score (nSPS) is 22.5. The van der Waals surface area contributed by atoms with Crippen LogP contribution in [0.2, 0.25) is 0 Å². The molecule has 4 heteroatoms. The van der Waals surface area contributed by atoms with Crippen molar-refractivity contribution >= 4 is 11.4 Å². The van der Waals surface area contributed by atoms with Gasteiger partial charge in [0.05, 0.1) is 13.2 Å². The molecule has 1 heterocycles. The van der Waals surface area contributed by atoms with Crippen molar-refractivity contribution < 1.29 is 9.84 Å². The van der Waals surface area contributed by atoms with Gasteiger partial charge in [0.1, 0.15) is 5.75 Å². The molecule has 4 nitrogen and oxygen atoms in total. The highest BCUT2D eigenvalue weighted by Gasteiger charge is 2.39. The van der Waals surface area contributed by atoms with Crippen molar-refractivity contribution in [1.29, 1.82) is 0 Å². The molecule has 2 N–H and O–H groups in total. The molecule has 4 rings (SSSR count). The van der Waals surface area contributed by atoms with E-state index in [1.807, 2.05) is 24.3 Å². The van der Waals surface area contributed by atoms with E-state index in [1.54, 1.807) is 7.11 Å². The van der Waals surface area contributed by atoms with Gasteiger partial charge in [-0.25, -0.2) is 0 Å². The lowest BCUT2D eigenvalue weighted by molar-refractivity contribution is 0.187. The zero-order chi connectivity index (χ0) is 17.9. The molecule has 0 saturated heterocycles. The smallest absolute Gasteiger partial charge is 0.119 e. The number of β-amino-alcohol motifs (C(OH)–C–C–N with tert-alkyl or cyclic N) is 1. The molecule has 2 aromatic rings. The maximum absolute atomic E-state index is 10.7. The van der Waals surface area contributed by atoms with Gasteiger partial charge in [0, 0.05) is 36.4 Å². The Kier molecular flexibility index (Phi) is 5.02. The van der Waals surface area contributed by atoms with E-state index < -0.39 is 6.10 Å². The number of aliphatic hydroxyl groups is 1. The average Bonchev–Trinajstić information content (AvgIpc) is 3.01. The van der Waals surface area contributed by atoms with Crippen LogP contribution in [0.5, 0.6) is 5.75 Å². The number of ether oxygens (including phenoxy) is 1. The fourth-order valence-electron chi connectivity index (χ4n) is 4.56. The lowest BCUT2D eigenvalue weighted by Gasteiger charge is -2.35. The molecular formula is C22H28N2O2. The molecule has 0 bridgehead atoms. The first-order valence-electron chi connectivity index (χ1n) is 9.68. The Balaban J connectivity index is 1.40. The number of anilines is 2. The standard InChI is InChI=1S/C22H28N2O2/c1-26-18-12-10-16(11-13-18)23-14-17(25)15-24-21-8-4-2-6-19(21)20-7-3-5-9-22(20)24/h2,4,6,8,10-13,17,20,22-23,25H,3,5,7,9,14-15H2,1H3. The van der Waals surface area contributed by atoms with E-state index in [-0.39, 0.29) is 0 Å². The van der Waals surface area contributed by atoms with Crippen molar-refractivity contribution in [3.63, 3.8) is 0 Å². The van der Waals surface area contributed by atoms with Crippen molar-refractivity contribution in [3.05, 3.63) is 54.1 Å². The summed E-state index contributed by atoms with van der Waals surface area (Å²) in [5.74, 6) is 1.48. The Bertz CT molecular complexity index is 731. The van der Waals surface area contributed by atoms with Crippen LogP contribution in [0.15, 0.2) is 48.5 Å². The highest BCUT2D eigenvalue weighted by atomic mass is 16.5. The van der Waals surface area contributed by atoms with Gasteiger partial charge in [-0.15, -0.1) is 0 Å². The number of hydrogen-bond donors (Lipinski definition) is 2. The van der Waals surface area contributed by atoms with E-state index in [4.69, 9.17) is 4.74 Å². The molecule has 0 amide bonds. The largest absolute Gasteiger partial charge is 0.497 e. The summed E-state index contributed by atoms with van der Waals surface area (Å²) < 4.78 is 5.18. The maximum atomic E-state index is 10.7. The Labute approximate surface area is 155 Å². The number of fused-ring (bicyclic) bond motifs is 3. The molecule has 1 fully saturated rings. The number of nitrogens with zero attached hydrogens (tertiary/aromatic N) is 1. The summed E-state index contributed by atoms with van der Waals surface area (Å²) in [5, 5.41) is 14.0. The second kappa shape index (κ2) is 7.58. The number of nitrogens with one attached hydrogen (secondary N) is 1. The second-order valence-electron chi connectivity index (χ2n) is 7.43. The number of hydrogen-bond acceptors (Lipinski definition) is 4. The van der Waals surface area contributed by atoms with Gasteiger partial charge in [-0.05, 0) is 48.7 Å². The number of para-hydroxylation sites is 1. The zero-order valence-corrected chi connectivity index (χ0v) is 15.4. The Morgan fingerprint density at radius 1 is 1.12 bits per heavy atom. The molecule has 3 unspecified atom stereocenters. The molecule has 2 aliphatic rings. The van der Waals surface area contributed by atoms with Crippen molar-refractivity contribution in [3.8, 4) is 5.75 Å². The monoisotopic (exact) mass is 352 g/mol. The molecule has 0 spiro atoms. The molecule has 26 heavy (non-hydrogen) atoms. The zero-order valence-electron chi connectivity index (χ0n) is 15.4. The summed E-state index contributed by atoms with van der Waals surface area (Å²) in [6, 6.07) is 17.1. The lowest BCUT2D eigenvalue weighted by Crippen LogP contribution is -2.42. The Morgan fingerprint density at radius 3 is 2.69 bits per heavy atom. The first kappa shape index (κ1) is 17.2. The van der Waals surface area contributed by atoms with Crippen LogP contribution in [0, 0.1) is 0 Å². The van der Waals surface area contributed by atoms with E-state index in [0.29, 0.717) is 25.0 Å². The van der Waals surface area contributed by atoms with Crippen molar-refractivity contribution in [2.24, 2.45) is 0 Å². The minimum absolute atomic E-state index is 0.411. The van der Waals surface area contributed by atoms with Gasteiger partial charge in [0.15, 0.2) is 0 Å². The molecule has 1 aliphatic heterocycles. The van der Waals surface area contributed by atoms with Crippen molar-refractivity contribution in [2.75, 3.05) is 30.4 Å². The van der Waals surface area contributed by atoms with Gasteiger partial charge in [-0.3, -0.25) is 0 Å². The van der Waals surface area contributed by atoms with E-state index in [2.05, 4.69) is 34.5 Å². The predicted molar refractivity (Wildman–Crippen MR) is 106 cm³/mol. The summed E-state index contributed by atoms with van der Waals surface area (Å²) in [5.41, 5.74) is 3.81. The third-order valence-corrected chi connectivity index (χ3v) is 5.81.